The van der Waals surface area contributed by atoms with Gasteiger partial charge in [0.05, 0.1) is 0 Å². The summed E-state index contributed by atoms with van der Waals surface area (Å²) in [5, 5.41) is 25.8. The fourth-order valence-corrected chi connectivity index (χ4v) is 2.95. The molecule has 0 bridgehead atoms. The zero-order valence-electron chi connectivity index (χ0n) is 16.1. The van der Waals surface area contributed by atoms with Gasteiger partial charge in [-0.3, -0.25) is 20.3 Å². The number of benzene rings is 3. The minimum atomic E-state index is -0.611. The Morgan fingerprint density at radius 2 is 1.58 bits per heavy atom. The minimum absolute atomic E-state index is 0.0392. The van der Waals surface area contributed by atoms with Crippen LogP contribution in [0.1, 0.15) is 20.7 Å². The van der Waals surface area contributed by atoms with Crippen molar-refractivity contribution in [2.24, 2.45) is 0 Å². The van der Waals surface area contributed by atoms with E-state index in [2.05, 4.69) is 16.0 Å². The summed E-state index contributed by atoms with van der Waals surface area (Å²) < 4.78 is 10.3. The SMILES string of the molecule is N=C(NC(=O)c1cc(O)c2c(c1)OCO2)Nc1cccc(NC(=O)c2ccccc2)c1. The number of carbonyl (C=O) groups is 2. The van der Waals surface area contributed by atoms with Crippen LogP contribution in [0.25, 0.3) is 0 Å². The molecule has 9 nitrogen and oxygen atoms in total. The predicted molar refractivity (Wildman–Crippen MR) is 114 cm³/mol. The van der Waals surface area contributed by atoms with E-state index < -0.39 is 5.91 Å². The van der Waals surface area contributed by atoms with Gasteiger partial charge in [0.25, 0.3) is 11.8 Å². The van der Waals surface area contributed by atoms with E-state index >= 15 is 0 Å². The number of rotatable bonds is 4. The molecule has 1 aliphatic rings. The Kier molecular flexibility index (Phi) is 5.39. The van der Waals surface area contributed by atoms with Crippen LogP contribution in [0.15, 0.2) is 66.7 Å². The molecule has 9 heteroatoms. The Morgan fingerprint density at radius 3 is 2.35 bits per heavy atom. The van der Waals surface area contributed by atoms with Gasteiger partial charge in [0.15, 0.2) is 17.5 Å². The van der Waals surface area contributed by atoms with Crippen LogP contribution >= 0.6 is 0 Å². The third kappa shape index (κ3) is 4.56. The number of phenols is 1. The molecule has 0 atom stereocenters. The number of anilines is 2. The van der Waals surface area contributed by atoms with Crippen molar-refractivity contribution in [3.05, 3.63) is 77.9 Å². The molecule has 0 spiro atoms. The van der Waals surface area contributed by atoms with Gasteiger partial charge in [0.1, 0.15) is 0 Å². The lowest BCUT2D eigenvalue weighted by atomic mass is 10.1. The second-order valence-corrected chi connectivity index (χ2v) is 6.58. The maximum absolute atomic E-state index is 12.4. The average Bonchev–Trinajstić information content (AvgIpc) is 3.24. The van der Waals surface area contributed by atoms with E-state index in [1.54, 1.807) is 48.5 Å². The third-order valence-corrected chi connectivity index (χ3v) is 4.38. The summed E-state index contributed by atoms with van der Waals surface area (Å²) in [6.07, 6.45) is 0. The van der Waals surface area contributed by atoms with Crippen molar-refractivity contribution in [1.29, 1.82) is 5.41 Å². The average molecular weight is 418 g/mol. The highest BCUT2D eigenvalue weighted by atomic mass is 16.7. The molecular weight excluding hydrogens is 400 g/mol. The highest BCUT2D eigenvalue weighted by Crippen LogP contribution is 2.41. The van der Waals surface area contributed by atoms with Gasteiger partial charge < -0.3 is 25.2 Å². The summed E-state index contributed by atoms with van der Waals surface area (Å²) in [5.74, 6) is -0.941. The number of carbonyl (C=O) groups excluding carboxylic acids is 2. The molecule has 0 radical (unpaired) electrons. The molecule has 3 aromatic rings. The highest BCUT2D eigenvalue weighted by Gasteiger charge is 2.21. The molecule has 1 heterocycles. The summed E-state index contributed by atoms with van der Waals surface area (Å²) >= 11 is 0. The van der Waals surface area contributed by atoms with E-state index in [1.165, 1.54) is 12.1 Å². The van der Waals surface area contributed by atoms with Crippen molar-refractivity contribution in [2.75, 3.05) is 17.4 Å². The molecule has 2 amide bonds. The van der Waals surface area contributed by atoms with Crippen LogP contribution in [-0.2, 0) is 0 Å². The van der Waals surface area contributed by atoms with Gasteiger partial charge in [0.2, 0.25) is 12.5 Å². The molecular formula is C22H18N4O5. The third-order valence-electron chi connectivity index (χ3n) is 4.38. The molecule has 0 fully saturated rings. The number of guanidine groups is 1. The molecule has 4 rings (SSSR count). The zero-order valence-corrected chi connectivity index (χ0v) is 16.1. The number of fused-ring (bicyclic) bond motifs is 1. The van der Waals surface area contributed by atoms with E-state index in [1.807, 2.05) is 6.07 Å². The Morgan fingerprint density at radius 1 is 0.839 bits per heavy atom. The maximum atomic E-state index is 12.4. The van der Waals surface area contributed by atoms with Gasteiger partial charge in [-0.2, -0.15) is 0 Å². The number of ether oxygens (including phenoxy) is 2. The lowest BCUT2D eigenvalue weighted by Crippen LogP contribution is -2.35. The van der Waals surface area contributed by atoms with E-state index in [-0.39, 0.29) is 41.5 Å². The molecule has 31 heavy (non-hydrogen) atoms. The molecule has 0 saturated heterocycles. The van der Waals surface area contributed by atoms with E-state index in [0.29, 0.717) is 16.9 Å². The molecule has 0 unspecified atom stereocenters. The predicted octanol–water partition coefficient (Wildman–Crippen LogP) is 3.15. The molecule has 5 N–H and O–H groups in total. The lowest BCUT2D eigenvalue weighted by molar-refractivity contribution is 0.0974. The molecule has 3 aromatic carbocycles. The van der Waals surface area contributed by atoms with Crippen LogP contribution in [-0.4, -0.2) is 29.7 Å². The number of hydrogen-bond acceptors (Lipinski definition) is 6. The van der Waals surface area contributed by atoms with Gasteiger partial charge in [-0.05, 0) is 42.5 Å². The Balaban J connectivity index is 1.39. The monoisotopic (exact) mass is 418 g/mol. The summed E-state index contributed by atoms with van der Waals surface area (Å²) in [6.45, 7) is -0.0392. The van der Waals surface area contributed by atoms with E-state index in [9.17, 15) is 14.7 Å². The van der Waals surface area contributed by atoms with Crippen LogP contribution in [0, 0.1) is 5.41 Å². The second kappa shape index (κ2) is 8.46. The quantitative estimate of drug-likeness (QED) is 0.327. The number of nitrogens with one attached hydrogen (secondary N) is 4. The fraction of sp³-hybridized carbons (Fsp3) is 0.0455. The Labute approximate surface area is 177 Å². The first-order chi connectivity index (χ1) is 15.0. The van der Waals surface area contributed by atoms with E-state index in [4.69, 9.17) is 14.9 Å². The number of aromatic hydroxyl groups is 1. The summed E-state index contributed by atoms with van der Waals surface area (Å²) in [7, 11) is 0. The van der Waals surface area contributed by atoms with Crippen molar-refractivity contribution in [3.63, 3.8) is 0 Å². The Bertz CT molecular complexity index is 1160. The standard InChI is InChI=1S/C22H18N4O5/c23-22(26-21(29)14-9-17(27)19-18(10-14)30-12-31-19)25-16-8-4-7-15(11-16)24-20(28)13-5-2-1-3-6-13/h1-11,27H,12H2,(H,24,28)(H3,23,25,26,29). The van der Waals surface area contributed by atoms with Gasteiger partial charge in [-0.1, -0.05) is 24.3 Å². The van der Waals surface area contributed by atoms with Crippen LogP contribution in [0.2, 0.25) is 0 Å². The van der Waals surface area contributed by atoms with Crippen molar-refractivity contribution >= 4 is 29.1 Å². The number of amides is 2. The first-order valence-electron chi connectivity index (χ1n) is 9.25. The summed E-state index contributed by atoms with van der Waals surface area (Å²) in [6, 6.07) is 18.2. The molecule has 0 saturated carbocycles. The summed E-state index contributed by atoms with van der Waals surface area (Å²) in [4.78, 5) is 24.7. The summed E-state index contributed by atoms with van der Waals surface area (Å²) in [5.41, 5.74) is 1.65. The van der Waals surface area contributed by atoms with Crippen molar-refractivity contribution in [3.8, 4) is 17.2 Å². The first-order valence-corrected chi connectivity index (χ1v) is 9.25. The topological polar surface area (TPSA) is 133 Å². The smallest absolute Gasteiger partial charge is 0.258 e. The van der Waals surface area contributed by atoms with Gasteiger partial charge in [-0.25, -0.2) is 0 Å². The molecule has 1 aliphatic heterocycles. The van der Waals surface area contributed by atoms with Gasteiger partial charge >= 0.3 is 0 Å². The highest BCUT2D eigenvalue weighted by molar-refractivity contribution is 6.09. The minimum Gasteiger partial charge on any atom is -0.504 e. The van der Waals surface area contributed by atoms with Gasteiger partial charge in [-0.15, -0.1) is 0 Å². The molecule has 156 valence electrons. The zero-order chi connectivity index (χ0) is 21.8. The van der Waals surface area contributed by atoms with Crippen molar-refractivity contribution in [2.45, 2.75) is 0 Å². The van der Waals surface area contributed by atoms with Crippen LogP contribution in [0.5, 0.6) is 17.2 Å². The van der Waals surface area contributed by atoms with Crippen LogP contribution < -0.4 is 25.4 Å². The van der Waals surface area contributed by atoms with E-state index in [0.717, 1.165) is 0 Å². The second-order valence-electron chi connectivity index (χ2n) is 6.58. The first kappa shape index (κ1) is 19.8. The largest absolute Gasteiger partial charge is 0.504 e. The number of hydrogen-bond donors (Lipinski definition) is 5. The maximum Gasteiger partial charge on any atom is 0.258 e. The Hall–Kier alpha value is -4.53. The normalized spacial score (nSPS) is 11.5. The van der Waals surface area contributed by atoms with Crippen molar-refractivity contribution < 1.29 is 24.2 Å². The van der Waals surface area contributed by atoms with Crippen LogP contribution in [0.4, 0.5) is 11.4 Å². The van der Waals surface area contributed by atoms with Crippen LogP contribution in [0.3, 0.4) is 0 Å². The van der Waals surface area contributed by atoms with Gasteiger partial charge in [0, 0.05) is 22.5 Å². The fourth-order valence-electron chi connectivity index (χ4n) is 2.95. The number of phenolic OH excluding ortho intramolecular Hbond substituents is 1. The molecule has 0 aliphatic carbocycles. The van der Waals surface area contributed by atoms with Crippen molar-refractivity contribution in [1.82, 2.24) is 5.32 Å². The lowest BCUT2D eigenvalue weighted by Gasteiger charge is -2.12. The molecule has 0 aromatic heterocycles.